The van der Waals surface area contributed by atoms with Crippen LogP contribution in [0, 0.1) is 0 Å². The van der Waals surface area contributed by atoms with Crippen LogP contribution in [0.1, 0.15) is 31.9 Å². The molecule has 1 aliphatic heterocycles. The largest absolute Gasteiger partial charge is 0.464 e. The van der Waals surface area contributed by atoms with Gasteiger partial charge in [0.15, 0.2) is 11.6 Å². The van der Waals surface area contributed by atoms with Crippen molar-refractivity contribution in [2.75, 3.05) is 31.2 Å². The van der Waals surface area contributed by atoms with Gasteiger partial charge in [-0.1, -0.05) is 29.8 Å². The Hall–Kier alpha value is -2.79. The van der Waals surface area contributed by atoms with Gasteiger partial charge in [-0.3, -0.25) is 4.52 Å². The van der Waals surface area contributed by atoms with Gasteiger partial charge < -0.3 is 25.2 Å². The maximum absolute atomic E-state index is 13.7. The van der Waals surface area contributed by atoms with Crippen molar-refractivity contribution in [2.45, 2.75) is 45.0 Å². The molecule has 1 unspecified atom stereocenters. The summed E-state index contributed by atoms with van der Waals surface area (Å²) in [6.07, 6.45) is -5.66. The summed E-state index contributed by atoms with van der Waals surface area (Å²) in [4.78, 5) is 23.9. The molecule has 2 aromatic carbocycles. The molecule has 0 saturated heterocycles. The Kier molecular flexibility index (Phi) is 9.93. The van der Waals surface area contributed by atoms with E-state index < -0.39 is 37.4 Å². The minimum Gasteiger partial charge on any atom is -0.464 e. The molecule has 2 amide bonds. The van der Waals surface area contributed by atoms with Crippen molar-refractivity contribution in [3.05, 3.63) is 58.6 Å². The molecule has 214 valence electrons. The van der Waals surface area contributed by atoms with Crippen LogP contribution in [0.3, 0.4) is 0 Å². The average Bonchev–Trinajstić information content (AvgIpc) is 2.84. The molecule has 2 aromatic rings. The summed E-state index contributed by atoms with van der Waals surface area (Å²) < 4.78 is 70.7. The van der Waals surface area contributed by atoms with Gasteiger partial charge in [0, 0.05) is 22.8 Å². The number of nitrogens with one attached hydrogen (secondary N) is 3. The van der Waals surface area contributed by atoms with Crippen LogP contribution in [-0.2, 0) is 30.6 Å². The van der Waals surface area contributed by atoms with Crippen LogP contribution in [0.4, 0.5) is 23.7 Å². The summed E-state index contributed by atoms with van der Waals surface area (Å²) in [5, 5.41) is 7.51. The minimum absolute atomic E-state index is 0.0140. The van der Waals surface area contributed by atoms with Gasteiger partial charge >= 0.3 is 25.8 Å². The van der Waals surface area contributed by atoms with Gasteiger partial charge in [-0.05, 0) is 63.6 Å². The second kappa shape index (κ2) is 12.6. The smallest absolute Gasteiger partial charge is 0.415 e. The fourth-order valence-corrected chi connectivity index (χ4v) is 5.81. The lowest BCUT2D eigenvalue weighted by atomic mass is 9.87. The first-order valence-corrected chi connectivity index (χ1v) is 14.3. The number of alkyl halides is 3. The lowest BCUT2D eigenvalue weighted by Crippen LogP contribution is -2.58. The van der Waals surface area contributed by atoms with Crippen LogP contribution >= 0.6 is 19.2 Å². The van der Waals surface area contributed by atoms with Crippen molar-refractivity contribution >= 4 is 36.9 Å². The summed E-state index contributed by atoms with van der Waals surface area (Å²) in [5.41, 5.74) is -2.26. The van der Waals surface area contributed by atoms with E-state index in [-0.39, 0.29) is 35.6 Å². The van der Waals surface area contributed by atoms with Crippen molar-refractivity contribution in [3.8, 4) is 5.75 Å². The third kappa shape index (κ3) is 7.66. The lowest BCUT2D eigenvalue weighted by Gasteiger charge is -2.38. The van der Waals surface area contributed by atoms with Crippen molar-refractivity contribution < 1.29 is 41.1 Å². The number of urea groups is 1. The third-order valence-electron chi connectivity index (χ3n) is 5.96. The summed E-state index contributed by atoms with van der Waals surface area (Å²) in [6.45, 7) is 4.54. The van der Waals surface area contributed by atoms with Crippen molar-refractivity contribution in [3.63, 3.8) is 0 Å². The van der Waals surface area contributed by atoms with Crippen LogP contribution in [0.5, 0.6) is 5.75 Å². The molecule has 0 saturated carbocycles. The number of ether oxygens (including phenoxy) is 1. The molecule has 0 fully saturated rings. The van der Waals surface area contributed by atoms with Crippen molar-refractivity contribution in [2.24, 2.45) is 0 Å². The van der Waals surface area contributed by atoms with Gasteiger partial charge in [0.2, 0.25) is 0 Å². The molecule has 14 heteroatoms. The molecule has 1 aliphatic rings. The first kappa shape index (κ1) is 30.7. The SMILES string of the molecule is CCOC(=O)[C@H](C)OP(=O)(CCNCCc1cc2c(cc1Cl)[C@@](C)(C(F)(F)F)NC(=O)N2)Oc1ccccc1. The molecule has 3 N–H and O–H groups in total. The standard InChI is InChI=1S/C25H30ClF3N3O6P/c1-4-36-22(33)16(2)37-39(35,38-18-8-6-5-7-9-18)13-12-30-11-10-17-14-21-19(15-20(17)26)24(3,25(27,28)29)32-23(34)31-21/h5-9,14-16,30H,4,10-13H2,1-3H3,(H2,31,32,34)/t16-,24-,39?/m0/s1. The highest BCUT2D eigenvalue weighted by Crippen LogP contribution is 2.49. The number of benzene rings is 2. The highest BCUT2D eigenvalue weighted by molar-refractivity contribution is 7.54. The van der Waals surface area contributed by atoms with E-state index in [1.54, 1.807) is 37.3 Å². The molecule has 0 aromatic heterocycles. The highest BCUT2D eigenvalue weighted by Gasteiger charge is 2.56. The molecule has 9 nitrogen and oxygen atoms in total. The van der Waals surface area contributed by atoms with E-state index in [4.69, 9.17) is 25.4 Å². The molecule has 0 aliphatic carbocycles. The van der Waals surface area contributed by atoms with Crippen LogP contribution in [0.25, 0.3) is 0 Å². The number of anilines is 1. The number of hydrogen-bond donors (Lipinski definition) is 3. The normalized spacial score (nSPS) is 19.2. The Morgan fingerprint density at radius 3 is 2.54 bits per heavy atom. The van der Waals surface area contributed by atoms with Crippen LogP contribution in [0.15, 0.2) is 42.5 Å². The van der Waals surface area contributed by atoms with Crippen LogP contribution in [-0.4, -0.2) is 50.1 Å². The predicted molar refractivity (Wildman–Crippen MR) is 140 cm³/mol. The van der Waals surface area contributed by atoms with E-state index in [0.29, 0.717) is 24.3 Å². The second-order valence-corrected chi connectivity index (χ2v) is 11.4. The number of para-hydroxylation sites is 1. The number of esters is 1. The number of halogens is 4. The topological polar surface area (TPSA) is 115 Å². The summed E-state index contributed by atoms with van der Waals surface area (Å²) in [5.74, 6) is -0.367. The molecular weight excluding hydrogens is 562 g/mol. The third-order valence-corrected chi connectivity index (χ3v) is 8.21. The molecule has 1 heterocycles. The zero-order valence-electron chi connectivity index (χ0n) is 21.6. The molecule has 0 radical (unpaired) electrons. The summed E-state index contributed by atoms with van der Waals surface area (Å²) in [6, 6.07) is 10.0. The van der Waals surface area contributed by atoms with Crippen molar-refractivity contribution in [1.29, 1.82) is 0 Å². The van der Waals surface area contributed by atoms with Gasteiger partial charge in [-0.25, -0.2) is 14.2 Å². The highest BCUT2D eigenvalue weighted by atomic mass is 35.5. The van der Waals surface area contributed by atoms with E-state index in [1.807, 2.05) is 5.32 Å². The predicted octanol–water partition coefficient (Wildman–Crippen LogP) is 5.63. The Morgan fingerprint density at radius 1 is 1.21 bits per heavy atom. The van der Waals surface area contributed by atoms with Crippen LogP contribution < -0.4 is 20.5 Å². The van der Waals surface area contributed by atoms with Gasteiger partial charge in [-0.2, -0.15) is 13.2 Å². The number of rotatable bonds is 12. The van der Waals surface area contributed by atoms with E-state index in [2.05, 4.69) is 10.6 Å². The van der Waals surface area contributed by atoms with Gasteiger partial charge in [0.1, 0.15) is 5.75 Å². The molecular formula is C25H30ClF3N3O6P. The molecule has 3 atom stereocenters. The molecule has 0 spiro atoms. The Bertz CT molecular complexity index is 1230. The molecule has 0 bridgehead atoms. The zero-order chi connectivity index (χ0) is 28.8. The maximum Gasteiger partial charge on any atom is 0.415 e. The Balaban J connectivity index is 1.65. The monoisotopic (exact) mass is 591 g/mol. The molecule has 3 rings (SSSR count). The van der Waals surface area contributed by atoms with Crippen LogP contribution in [0.2, 0.25) is 5.02 Å². The fourth-order valence-electron chi connectivity index (χ4n) is 3.87. The second-order valence-electron chi connectivity index (χ2n) is 8.93. The number of carbonyl (C=O) groups excluding carboxylic acids is 2. The number of fused-ring (bicyclic) bond motifs is 1. The van der Waals surface area contributed by atoms with Crippen molar-refractivity contribution in [1.82, 2.24) is 10.6 Å². The summed E-state index contributed by atoms with van der Waals surface area (Å²) >= 11 is 6.30. The fraction of sp³-hybridized carbons (Fsp3) is 0.440. The first-order chi connectivity index (χ1) is 18.3. The lowest BCUT2D eigenvalue weighted by molar-refractivity contribution is -0.191. The number of amides is 2. The zero-order valence-corrected chi connectivity index (χ0v) is 23.2. The van der Waals surface area contributed by atoms with E-state index in [9.17, 15) is 27.3 Å². The number of carbonyl (C=O) groups is 2. The first-order valence-electron chi connectivity index (χ1n) is 12.2. The molecule has 39 heavy (non-hydrogen) atoms. The van der Waals surface area contributed by atoms with Gasteiger partial charge in [0.25, 0.3) is 0 Å². The minimum atomic E-state index is -4.74. The maximum atomic E-state index is 13.7. The Labute approximate surface area is 229 Å². The van der Waals surface area contributed by atoms with Gasteiger partial charge in [-0.15, -0.1) is 0 Å². The number of hydrogen-bond acceptors (Lipinski definition) is 7. The van der Waals surface area contributed by atoms with E-state index in [0.717, 1.165) is 6.92 Å². The van der Waals surface area contributed by atoms with E-state index >= 15 is 0 Å². The van der Waals surface area contributed by atoms with Gasteiger partial charge in [0.05, 0.1) is 12.8 Å². The summed E-state index contributed by atoms with van der Waals surface area (Å²) in [7, 11) is -3.80. The Morgan fingerprint density at radius 2 is 1.90 bits per heavy atom. The average molecular weight is 592 g/mol. The quantitative estimate of drug-likeness (QED) is 0.167. The van der Waals surface area contributed by atoms with E-state index in [1.165, 1.54) is 19.1 Å².